The number of carbonyl (C=O) groups excluding carboxylic acids is 1. The van der Waals surface area contributed by atoms with E-state index in [0.717, 1.165) is 12.0 Å². The van der Waals surface area contributed by atoms with E-state index in [0.29, 0.717) is 27.4 Å². The molecule has 3 aromatic rings. The molecule has 1 N–H and O–H groups in total. The lowest BCUT2D eigenvalue weighted by atomic mass is 10.0. The van der Waals surface area contributed by atoms with E-state index in [1.807, 2.05) is 13.0 Å². The minimum absolute atomic E-state index is 0.251. The number of hydrogen-bond donors (Lipinski definition) is 1. The van der Waals surface area contributed by atoms with Crippen molar-refractivity contribution in [2.75, 3.05) is 0 Å². The van der Waals surface area contributed by atoms with Gasteiger partial charge in [-0.3, -0.25) is 4.79 Å². The Morgan fingerprint density at radius 3 is 2.43 bits per heavy atom. The summed E-state index contributed by atoms with van der Waals surface area (Å²) >= 11 is 3.39. The maximum atomic E-state index is 13.1. The molecule has 0 saturated carbocycles. The monoisotopic (exact) mass is 461 g/mol. The number of pyridine rings is 1. The molecule has 0 unspecified atom stereocenters. The van der Waals surface area contributed by atoms with Gasteiger partial charge in [-0.15, -0.1) is 0 Å². The second-order valence-corrected chi connectivity index (χ2v) is 9.38. The fourth-order valence-corrected chi connectivity index (χ4v) is 5.22. The lowest BCUT2D eigenvalue weighted by Gasteiger charge is -2.15. The average molecular weight is 462 g/mol. The standard InChI is InChI=1S/C21H20BrNO4S/c1-3-7-15-10-11-16(22)19-18(15)20(25)17(13(2)24)21(23-19)28(26,27)12-14-8-5-4-6-9-14/h4-6,8-11H,3,7,12H2,1-2H3,(H,23,25). The maximum absolute atomic E-state index is 13.1. The Hall–Kier alpha value is -2.25. The van der Waals surface area contributed by atoms with Crippen molar-refractivity contribution < 1.29 is 18.3 Å². The molecule has 0 bridgehead atoms. The lowest BCUT2D eigenvalue weighted by molar-refractivity contribution is 0.101. The van der Waals surface area contributed by atoms with Crippen LogP contribution in [0.2, 0.25) is 0 Å². The molecule has 0 aliphatic carbocycles. The molecule has 7 heteroatoms. The van der Waals surface area contributed by atoms with Crippen LogP contribution in [0.3, 0.4) is 0 Å². The van der Waals surface area contributed by atoms with Gasteiger partial charge in [0.2, 0.25) is 9.84 Å². The topological polar surface area (TPSA) is 84.3 Å². The number of aromatic hydroxyl groups is 1. The zero-order valence-corrected chi connectivity index (χ0v) is 18.0. The molecule has 0 amide bonds. The predicted molar refractivity (Wildman–Crippen MR) is 112 cm³/mol. The van der Waals surface area contributed by atoms with Crippen LogP contribution in [0.4, 0.5) is 0 Å². The second-order valence-electron chi connectivity index (χ2n) is 6.62. The molecule has 0 atom stereocenters. The number of fused-ring (bicyclic) bond motifs is 1. The van der Waals surface area contributed by atoms with Crippen LogP contribution in [0.5, 0.6) is 5.75 Å². The number of nitrogens with zero attached hydrogens (tertiary/aromatic N) is 1. The third-order valence-corrected chi connectivity index (χ3v) is 6.72. The van der Waals surface area contributed by atoms with Crippen molar-refractivity contribution in [3.05, 3.63) is 63.6 Å². The van der Waals surface area contributed by atoms with Crippen LogP contribution in [0.15, 0.2) is 52.0 Å². The maximum Gasteiger partial charge on any atom is 0.200 e. The first-order valence-electron chi connectivity index (χ1n) is 8.88. The van der Waals surface area contributed by atoms with Gasteiger partial charge in [-0.05, 0) is 46.5 Å². The highest BCUT2D eigenvalue weighted by Gasteiger charge is 2.29. The molecule has 1 aromatic heterocycles. The van der Waals surface area contributed by atoms with Crippen LogP contribution >= 0.6 is 15.9 Å². The average Bonchev–Trinajstić information content (AvgIpc) is 2.64. The first-order valence-corrected chi connectivity index (χ1v) is 11.3. The lowest BCUT2D eigenvalue weighted by Crippen LogP contribution is -2.14. The number of aromatic nitrogens is 1. The number of ketones is 1. The van der Waals surface area contributed by atoms with Crippen LogP contribution in [0.1, 0.15) is 41.8 Å². The molecule has 28 heavy (non-hydrogen) atoms. The van der Waals surface area contributed by atoms with Gasteiger partial charge in [0.1, 0.15) is 5.75 Å². The highest BCUT2D eigenvalue weighted by atomic mass is 79.9. The van der Waals surface area contributed by atoms with Gasteiger partial charge in [0.05, 0.1) is 16.8 Å². The van der Waals surface area contributed by atoms with Crippen molar-refractivity contribution in [1.82, 2.24) is 4.98 Å². The van der Waals surface area contributed by atoms with Crippen LogP contribution < -0.4 is 0 Å². The van der Waals surface area contributed by atoms with Crippen molar-refractivity contribution in [3.8, 4) is 5.75 Å². The van der Waals surface area contributed by atoms with Crippen LogP contribution in [0.25, 0.3) is 10.9 Å². The molecule has 0 saturated heterocycles. The number of aryl methyl sites for hydroxylation is 1. The fraction of sp³-hybridized carbons (Fsp3) is 0.238. The Morgan fingerprint density at radius 2 is 1.82 bits per heavy atom. The number of halogens is 1. The van der Waals surface area contributed by atoms with Gasteiger partial charge >= 0.3 is 0 Å². The summed E-state index contributed by atoms with van der Waals surface area (Å²) in [6.45, 7) is 3.24. The van der Waals surface area contributed by atoms with Crippen LogP contribution in [0, 0.1) is 0 Å². The van der Waals surface area contributed by atoms with Crippen molar-refractivity contribution in [1.29, 1.82) is 0 Å². The molecule has 0 fully saturated rings. The zero-order chi connectivity index (χ0) is 20.5. The van der Waals surface area contributed by atoms with Crippen LogP contribution in [-0.4, -0.2) is 24.3 Å². The smallest absolute Gasteiger partial charge is 0.200 e. The zero-order valence-electron chi connectivity index (χ0n) is 15.6. The SMILES string of the molecule is CCCc1ccc(Br)c2nc(S(=O)(=O)Cc3ccccc3)c(C(C)=O)c(O)c12. The van der Waals surface area contributed by atoms with Gasteiger partial charge in [-0.1, -0.05) is 49.7 Å². The van der Waals surface area contributed by atoms with Crippen molar-refractivity contribution in [2.45, 2.75) is 37.5 Å². The van der Waals surface area contributed by atoms with Crippen LogP contribution in [-0.2, 0) is 22.0 Å². The molecule has 0 aliphatic rings. The molecule has 0 radical (unpaired) electrons. The summed E-state index contributed by atoms with van der Waals surface area (Å²) in [7, 11) is -3.96. The van der Waals surface area contributed by atoms with E-state index in [2.05, 4.69) is 20.9 Å². The molecule has 0 aliphatic heterocycles. The highest BCUT2D eigenvalue weighted by Crippen LogP contribution is 2.38. The number of sulfone groups is 1. The first-order chi connectivity index (χ1) is 13.3. The molecule has 146 valence electrons. The molecule has 1 heterocycles. The van der Waals surface area contributed by atoms with Gasteiger partial charge in [0.25, 0.3) is 0 Å². The summed E-state index contributed by atoms with van der Waals surface area (Å²) in [5, 5.41) is 10.9. The summed E-state index contributed by atoms with van der Waals surface area (Å²) in [6.07, 6.45) is 1.51. The van der Waals surface area contributed by atoms with Crippen molar-refractivity contribution >= 4 is 42.5 Å². The highest BCUT2D eigenvalue weighted by molar-refractivity contribution is 9.10. The first kappa shape index (κ1) is 20.5. The van der Waals surface area contributed by atoms with E-state index >= 15 is 0 Å². The Labute approximate surface area is 172 Å². The summed E-state index contributed by atoms with van der Waals surface area (Å²) in [6, 6.07) is 12.3. The summed E-state index contributed by atoms with van der Waals surface area (Å²) in [4.78, 5) is 16.7. The molecule has 2 aromatic carbocycles. The quantitative estimate of drug-likeness (QED) is 0.531. The molecule has 0 spiro atoms. The second kappa shape index (κ2) is 8.01. The van der Waals surface area contributed by atoms with E-state index in [1.165, 1.54) is 6.92 Å². The van der Waals surface area contributed by atoms with Crippen molar-refractivity contribution in [2.24, 2.45) is 0 Å². The van der Waals surface area contributed by atoms with E-state index in [4.69, 9.17) is 0 Å². The minimum atomic E-state index is -3.96. The van der Waals surface area contributed by atoms with Gasteiger partial charge in [-0.2, -0.15) is 0 Å². The molecule has 3 rings (SSSR count). The van der Waals surface area contributed by atoms with E-state index in [-0.39, 0.29) is 22.1 Å². The fourth-order valence-electron chi connectivity index (χ4n) is 3.25. The molecular weight excluding hydrogens is 442 g/mol. The minimum Gasteiger partial charge on any atom is -0.506 e. The Bertz CT molecular complexity index is 1160. The normalized spacial score (nSPS) is 11.7. The summed E-state index contributed by atoms with van der Waals surface area (Å²) in [5.41, 5.74) is 1.48. The van der Waals surface area contributed by atoms with Gasteiger partial charge < -0.3 is 5.11 Å². The third-order valence-electron chi connectivity index (χ3n) is 4.48. The Kier molecular flexibility index (Phi) is 5.86. The number of hydrogen-bond acceptors (Lipinski definition) is 5. The van der Waals surface area contributed by atoms with Crippen molar-refractivity contribution in [3.63, 3.8) is 0 Å². The van der Waals surface area contributed by atoms with Gasteiger partial charge in [0.15, 0.2) is 10.8 Å². The number of carbonyl (C=O) groups is 1. The van der Waals surface area contributed by atoms with Gasteiger partial charge in [0, 0.05) is 9.86 Å². The number of Topliss-reactive ketones (excluding diaryl/α,β-unsaturated/α-hetero) is 1. The number of rotatable bonds is 6. The Balaban J connectivity index is 2.32. The van der Waals surface area contributed by atoms with E-state index < -0.39 is 15.6 Å². The van der Waals surface area contributed by atoms with E-state index in [9.17, 15) is 18.3 Å². The summed E-state index contributed by atoms with van der Waals surface area (Å²) in [5.74, 6) is -1.17. The number of benzene rings is 2. The molecular formula is C21H20BrNO4S. The van der Waals surface area contributed by atoms with Gasteiger partial charge in [-0.25, -0.2) is 13.4 Å². The molecule has 5 nitrogen and oxygen atoms in total. The summed E-state index contributed by atoms with van der Waals surface area (Å²) < 4.78 is 26.8. The predicted octanol–water partition coefficient (Wildman–Crippen LogP) is 4.83. The Morgan fingerprint density at radius 1 is 1.14 bits per heavy atom. The third kappa shape index (κ3) is 3.82. The largest absolute Gasteiger partial charge is 0.506 e. The van der Waals surface area contributed by atoms with E-state index in [1.54, 1.807) is 36.4 Å².